The summed E-state index contributed by atoms with van der Waals surface area (Å²) in [6.07, 6.45) is 1.07. The fourth-order valence-electron chi connectivity index (χ4n) is 1.98. The molecule has 1 atom stereocenters. The lowest BCUT2D eigenvalue weighted by molar-refractivity contribution is -0.148. The average molecular weight is 241 g/mol. The van der Waals surface area contributed by atoms with Gasteiger partial charge < -0.3 is 9.84 Å². The first-order valence-electron chi connectivity index (χ1n) is 5.18. The van der Waals surface area contributed by atoms with Crippen LogP contribution in [0.4, 0.5) is 0 Å². The van der Waals surface area contributed by atoms with Crippen LogP contribution in [0.2, 0.25) is 5.02 Å². The maximum absolute atomic E-state index is 11.3. The van der Waals surface area contributed by atoms with Gasteiger partial charge >= 0.3 is 5.97 Å². The molecule has 3 nitrogen and oxygen atoms in total. The maximum Gasteiger partial charge on any atom is 0.312 e. The van der Waals surface area contributed by atoms with Crippen molar-refractivity contribution in [1.82, 2.24) is 0 Å². The number of rotatable bonds is 3. The van der Waals surface area contributed by atoms with Gasteiger partial charge in [0.1, 0.15) is 0 Å². The third-order valence-corrected chi connectivity index (χ3v) is 3.26. The van der Waals surface area contributed by atoms with Gasteiger partial charge in [-0.3, -0.25) is 4.79 Å². The molecule has 0 saturated carbocycles. The molecule has 86 valence electrons. The molecular formula is C12H13ClO3. The topological polar surface area (TPSA) is 46.5 Å². The van der Waals surface area contributed by atoms with Gasteiger partial charge in [0.15, 0.2) is 0 Å². The van der Waals surface area contributed by atoms with Crippen LogP contribution >= 0.6 is 11.6 Å². The first-order valence-corrected chi connectivity index (χ1v) is 5.56. The van der Waals surface area contributed by atoms with Crippen molar-refractivity contribution in [3.05, 3.63) is 34.9 Å². The third kappa shape index (κ3) is 2.20. The van der Waals surface area contributed by atoms with Gasteiger partial charge in [0.2, 0.25) is 0 Å². The SMILES string of the molecule is O=C(O)C1(Cc2ccc(Cl)cc2)CCOC1. The highest BCUT2D eigenvalue weighted by Crippen LogP contribution is 2.33. The molecule has 1 aromatic carbocycles. The Kier molecular flexibility index (Phi) is 3.17. The number of ether oxygens (including phenoxy) is 1. The lowest BCUT2D eigenvalue weighted by atomic mass is 9.81. The molecule has 0 bridgehead atoms. The van der Waals surface area contributed by atoms with Gasteiger partial charge in [-0.05, 0) is 30.5 Å². The minimum Gasteiger partial charge on any atom is -0.481 e. The minimum absolute atomic E-state index is 0.297. The summed E-state index contributed by atoms with van der Waals surface area (Å²) in [6.45, 7) is 0.824. The van der Waals surface area contributed by atoms with Crippen LogP contribution in [-0.2, 0) is 16.0 Å². The summed E-state index contributed by atoms with van der Waals surface area (Å²) >= 11 is 5.78. The first-order chi connectivity index (χ1) is 7.62. The van der Waals surface area contributed by atoms with Crippen LogP contribution < -0.4 is 0 Å². The third-order valence-electron chi connectivity index (χ3n) is 3.01. The zero-order valence-corrected chi connectivity index (χ0v) is 9.54. The fraction of sp³-hybridized carbons (Fsp3) is 0.417. The summed E-state index contributed by atoms with van der Waals surface area (Å²) in [5.41, 5.74) is 0.227. The molecule has 2 rings (SSSR count). The van der Waals surface area contributed by atoms with E-state index in [-0.39, 0.29) is 0 Å². The maximum atomic E-state index is 11.3. The second-order valence-electron chi connectivity index (χ2n) is 4.19. The number of aliphatic carboxylic acids is 1. The molecule has 0 amide bonds. The van der Waals surface area contributed by atoms with Crippen LogP contribution in [0.3, 0.4) is 0 Å². The van der Waals surface area contributed by atoms with Crippen LogP contribution in [0.5, 0.6) is 0 Å². The second-order valence-corrected chi connectivity index (χ2v) is 4.63. The average Bonchev–Trinajstić information content (AvgIpc) is 2.71. The van der Waals surface area contributed by atoms with E-state index >= 15 is 0 Å². The minimum atomic E-state index is -0.778. The number of hydrogen-bond donors (Lipinski definition) is 1. The van der Waals surface area contributed by atoms with E-state index in [0.717, 1.165) is 5.56 Å². The molecule has 1 N–H and O–H groups in total. The number of hydrogen-bond acceptors (Lipinski definition) is 2. The Morgan fingerprint density at radius 2 is 2.12 bits per heavy atom. The Labute approximate surface area is 99.0 Å². The number of benzene rings is 1. The highest BCUT2D eigenvalue weighted by Gasteiger charge is 2.42. The Morgan fingerprint density at radius 3 is 2.62 bits per heavy atom. The summed E-state index contributed by atoms with van der Waals surface area (Å²) in [5.74, 6) is -0.778. The lowest BCUT2D eigenvalue weighted by Gasteiger charge is -2.21. The molecule has 0 spiro atoms. The van der Waals surface area contributed by atoms with Crippen LogP contribution in [0.15, 0.2) is 24.3 Å². The van der Waals surface area contributed by atoms with E-state index in [4.69, 9.17) is 16.3 Å². The molecule has 16 heavy (non-hydrogen) atoms. The largest absolute Gasteiger partial charge is 0.481 e. The highest BCUT2D eigenvalue weighted by molar-refractivity contribution is 6.30. The van der Waals surface area contributed by atoms with Crippen LogP contribution in [0.25, 0.3) is 0 Å². The van der Waals surface area contributed by atoms with E-state index in [2.05, 4.69) is 0 Å². The smallest absolute Gasteiger partial charge is 0.312 e. The lowest BCUT2D eigenvalue weighted by Crippen LogP contribution is -2.33. The molecule has 0 aliphatic carbocycles. The van der Waals surface area contributed by atoms with Crippen LogP contribution in [0, 0.1) is 5.41 Å². The summed E-state index contributed by atoms with van der Waals surface area (Å²) in [5, 5.41) is 9.94. The predicted molar refractivity (Wildman–Crippen MR) is 60.7 cm³/mol. The molecule has 1 aliphatic rings. The molecule has 1 fully saturated rings. The molecular weight excluding hydrogens is 228 g/mol. The molecule has 1 aliphatic heterocycles. The number of carbonyl (C=O) groups is 1. The van der Waals surface area contributed by atoms with Crippen LogP contribution in [-0.4, -0.2) is 24.3 Å². The van der Waals surface area contributed by atoms with Crippen molar-refractivity contribution in [1.29, 1.82) is 0 Å². The van der Waals surface area contributed by atoms with Crippen LogP contribution in [0.1, 0.15) is 12.0 Å². The molecule has 4 heteroatoms. The number of carboxylic acids is 1. The summed E-state index contributed by atoms with van der Waals surface area (Å²) in [4.78, 5) is 11.3. The molecule has 1 heterocycles. The summed E-state index contributed by atoms with van der Waals surface area (Å²) < 4.78 is 5.21. The van der Waals surface area contributed by atoms with Crippen molar-refractivity contribution in [2.45, 2.75) is 12.8 Å². The van der Waals surface area contributed by atoms with E-state index in [0.29, 0.717) is 31.1 Å². The predicted octanol–water partition coefficient (Wildman–Crippen LogP) is 2.37. The van der Waals surface area contributed by atoms with E-state index in [9.17, 15) is 9.90 Å². The standard InChI is InChI=1S/C12H13ClO3/c13-10-3-1-9(2-4-10)7-12(11(14)15)5-6-16-8-12/h1-4H,5-8H2,(H,14,15). The normalized spacial score (nSPS) is 24.6. The van der Waals surface area contributed by atoms with Gasteiger partial charge in [-0.15, -0.1) is 0 Å². The monoisotopic (exact) mass is 240 g/mol. The molecule has 1 saturated heterocycles. The van der Waals surface area contributed by atoms with E-state index < -0.39 is 11.4 Å². The van der Waals surface area contributed by atoms with Crippen molar-refractivity contribution < 1.29 is 14.6 Å². The van der Waals surface area contributed by atoms with Crippen molar-refractivity contribution in [3.8, 4) is 0 Å². The number of halogens is 1. The van der Waals surface area contributed by atoms with Crippen molar-refractivity contribution in [3.63, 3.8) is 0 Å². The number of carboxylic acid groups (broad SMARTS) is 1. The summed E-state index contributed by atoms with van der Waals surface area (Å²) in [7, 11) is 0. The first kappa shape index (κ1) is 11.4. The zero-order valence-electron chi connectivity index (χ0n) is 8.78. The van der Waals surface area contributed by atoms with Crippen molar-refractivity contribution >= 4 is 17.6 Å². The fourth-order valence-corrected chi connectivity index (χ4v) is 2.11. The van der Waals surface area contributed by atoms with Gasteiger partial charge in [0.25, 0.3) is 0 Å². The van der Waals surface area contributed by atoms with Gasteiger partial charge in [0.05, 0.1) is 12.0 Å². The van der Waals surface area contributed by atoms with Gasteiger partial charge in [-0.25, -0.2) is 0 Å². The quantitative estimate of drug-likeness (QED) is 0.882. The Hall–Kier alpha value is -1.06. The summed E-state index contributed by atoms with van der Waals surface area (Å²) in [6, 6.07) is 7.29. The molecule has 1 unspecified atom stereocenters. The Morgan fingerprint density at radius 1 is 1.44 bits per heavy atom. The Balaban J connectivity index is 2.18. The van der Waals surface area contributed by atoms with E-state index in [1.165, 1.54) is 0 Å². The van der Waals surface area contributed by atoms with E-state index in [1.807, 2.05) is 12.1 Å². The highest BCUT2D eigenvalue weighted by atomic mass is 35.5. The van der Waals surface area contributed by atoms with Crippen molar-refractivity contribution in [2.24, 2.45) is 5.41 Å². The molecule has 1 aromatic rings. The van der Waals surface area contributed by atoms with Gasteiger partial charge in [0, 0.05) is 11.6 Å². The Bertz CT molecular complexity index is 380. The van der Waals surface area contributed by atoms with Crippen molar-refractivity contribution in [2.75, 3.05) is 13.2 Å². The zero-order chi connectivity index (χ0) is 11.6. The van der Waals surface area contributed by atoms with Gasteiger partial charge in [-0.1, -0.05) is 23.7 Å². The molecule has 0 aromatic heterocycles. The second kappa shape index (κ2) is 4.44. The van der Waals surface area contributed by atoms with Gasteiger partial charge in [-0.2, -0.15) is 0 Å². The molecule has 0 radical (unpaired) electrons. The van der Waals surface area contributed by atoms with E-state index in [1.54, 1.807) is 12.1 Å².